The molecule has 0 unspecified atom stereocenters. The first-order chi connectivity index (χ1) is 15.3. The highest BCUT2D eigenvalue weighted by Crippen LogP contribution is 2.14. The molecular weight excluding hydrogens is 380 g/mol. The molecule has 0 atom stereocenters. The van der Waals surface area contributed by atoms with Gasteiger partial charge in [-0.1, -0.05) is 155 Å². The lowest BCUT2D eigenvalue weighted by molar-refractivity contribution is -0.143. The number of hydrogen-bond acceptors (Lipinski definition) is 2. The first-order valence-electron chi connectivity index (χ1n) is 14.5. The van der Waals surface area contributed by atoms with Crippen molar-refractivity contribution in [3.05, 3.63) is 0 Å². The van der Waals surface area contributed by atoms with Crippen LogP contribution < -0.4 is 0 Å². The summed E-state index contributed by atoms with van der Waals surface area (Å²) in [5, 5.41) is 0. The number of hydrogen-bond donors (Lipinski definition) is 0. The molecule has 0 fully saturated rings. The van der Waals surface area contributed by atoms with Crippen molar-refractivity contribution in [3.63, 3.8) is 0 Å². The first kappa shape index (κ1) is 30.5. The van der Waals surface area contributed by atoms with Crippen molar-refractivity contribution in [2.75, 3.05) is 6.61 Å². The fourth-order valence-corrected chi connectivity index (χ4v) is 4.31. The van der Waals surface area contributed by atoms with Crippen molar-refractivity contribution in [1.29, 1.82) is 0 Å². The minimum absolute atomic E-state index is 0.0230. The Balaban J connectivity index is 3.13. The van der Waals surface area contributed by atoms with Gasteiger partial charge in [-0.15, -0.1) is 0 Å². The van der Waals surface area contributed by atoms with E-state index in [-0.39, 0.29) is 5.97 Å². The van der Waals surface area contributed by atoms with E-state index in [0.717, 1.165) is 12.8 Å². The van der Waals surface area contributed by atoms with Gasteiger partial charge in [0.1, 0.15) is 0 Å². The Morgan fingerprint density at radius 2 is 0.710 bits per heavy atom. The SMILES string of the molecule is CCCCCCCCCCCCCCCCC(=O)OCCCCCCCCCCCC. The fraction of sp³-hybridized carbons (Fsp3) is 0.966. The number of esters is 1. The normalized spacial score (nSPS) is 11.2. The number of ether oxygens (including phenoxy) is 1. The molecular formula is C29H58O2. The fourth-order valence-electron chi connectivity index (χ4n) is 4.31. The molecule has 0 saturated heterocycles. The van der Waals surface area contributed by atoms with Crippen LogP contribution in [-0.2, 0) is 9.53 Å². The van der Waals surface area contributed by atoms with E-state index in [2.05, 4.69) is 13.8 Å². The third-order valence-electron chi connectivity index (χ3n) is 6.50. The second kappa shape index (κ2) is 27.5. The Morgan fingerprint density at radius 3 is 1.06 bits per heavy atom. The lowest BCUT2D eigenvalue weighted by Crippen LogP contribution is -2.05. The van der Waals surface area contributed by atoms with E-state index in [4.69, 9.17) is 4.74 Å². The van der Waals surface area contributed by atoms with E-state index in [1.165, 1.54) is 141 Å². The molecule has 0 aliphatic rings. The van der Waals surface area contributed by atoms with Gasteiger partial charge in [0, 0.05) is 6.42 Å². The summed E-state index contributed by atoms with van der Waals surface area (Å²) in [5.41, 5.74) is 0. The predicted molar refractivity (Wildman–Crippen MR) is 138 cm³/mol. The summed E-state index contributed by atoms with van der Waals surface area (Å²) >= 11 is 0. The Morgan fingerprint density at radius 1 is 0.419 bits per heavy atom. The van der Waals surface area contributed by atoms with E-state index in [9.17, 15) is 4.79 Å². The van der Waals surface area contributed by atoms with Gasteiger partial charge in [0.25, 0.3) is 0 Å². The smallest absolute Gasteiger partial charge is 0.305 e. The van der Waals surface area contributed by atoms with Gasteiger partial charge in [-0.2, -0.15) is 0 Å². The second-order valence-electron chi connectivity index (χ2n) is 9.75. The van der Waals surface area contributed by atoms with Crippen LogP contribution in [0.1, 0.15) is 174 Å². The van der Waals surface area contributed by atoms with E-state index in [1.54, 1.807) is 0 Å². The molecule has 0 spiro atoms. The maximum atomic E-state index is 11.8. The summed E-state index contributed by atoms with van der Waals surface area (Å²) in [6.07, 6.45) is 32.8. The van der Waals surface area contributed by atoms with Gasteiger partial charge in [-0.05, 0) is 12.8 Å². The standard InChI is InChI=1S/C29H58O2/c1-3-5-7-9-11-13-15-16-17-18-19-21-23-25-27-29(30)31-28-26-24-22-20-14-12-10-8-6-4-2/h3-28H2,1-2H3. The molecule has 2 heteroatoms. The van der Waals surface area contributed by atoms with Crippen molar-refractivity contribution < 1.29 is 9.53 Å². The highest BCUT2D eigenvalue weighted by molar-refractivity contribution is 5.69. The topological polar surface area (TPSA) is 26.3 Å². The van der Waals surface area contributed by atoms with Gasteiger partial charge in [0.2, 0.25) is 0 Å². The van der Waals surface area contributed by atoms with Crippen LogP contribution in [0.4, 0.5) is 0 Å². The molecule has 0 radical (unpaired) electrons. The van der Waals surface area contributed by atoms with Crippen LogP contribution in [0.15, 0.2) is 0 Å². The minimum atomic E-state index is 0.0230. The Kier molecular flexibility index (Phi) is 27.0. The van der Waals surface area contributed by atoms with Crippen LogP contribution >= 0.6 is 0 Å². The van der Waals surface area contributed by atoms with Crippen LogP contribution in [0, 0.1) is 0 Å². The zero-order valence-corrected chi connectivity index (χ0v) is 21.7. The zero-order chi connectivity index (χ0) is 22.7. The second-order valence-corrected chi connectivity index (χ2v) is 9.75. The Hall–Kier alpha value is -0.530. The van der Waals surface area contributed by atoms with Crippen LogP contribution in [0.3, 0.4) is 0 Å². The molecule has 0 aliphatic heterocycles. The zero-order valence-electron chi connectivity index (χ0n) is 21.7. The summed E-state index contributed by atoms with van der Waals surface area (Å²) in [6.45, 7) is 5.19. The van der Waals surface area contributed by atoms with E-state index < -0.39 is 0 Å². The number of rotatable bonds is 26. The number of carbonyl (C=O) groups is 1. The van der Waals surface area contributed by atoms with Crippen LogP contribution in [-0.4, -0.2) is 12.6 Å². The molecule has 0 aromatic heterocycles. The van der Waals surface area contributed by atoms with Crippen molar-refractivity contribution in [2.45, 2.75) is 174 Å². The monoisotopic (exact) mass is 438 g/mol. The highest BCUT2D eigenvalue weighted by Gasteiger charge is 2.02. The number of carbonyl (C=O) groups excluding carboxylic acids is 1. The van der Waals surface area contributed by atoms with Gasteiger partial charge in [-0.25, -0.2) is 0 Å². The molecule has 0 heterocycles. The van der Waals surface area contributed by atoms with E-state index in [0.29, 0.717) is 13.0 Å². The van der Waals surface area contributed by atoms with Crippen molar-refractivity contribution in [1.82, 2.24) is 0 Å². The van der Waals surface area contributed by atoms with Crippen LogP contribution in [0.5, 0.6) is 0 Å². The van der Waals surface area contributed by atoms with Gasteiger partial charge in [0.15, 0.2) is 0 Å². The predicted octanol–water partition coefficient (Wildman–Crippen LogP) is 10.3. The molecule has 186 valence electrons. The largest absolute Gasteiger partial charge is 0.466 e. The van der Waals surface area contributed by atoms with Crippen molar-refractivity contribution in [2.24, 2.45) is 0 Å². The summed E-state index contributed by atoms with van der Waals surface area (Å²) in [4.78, 5) is 11.8. The van der Waals surface area contributed by atoms with Gasteiger partial charge >= 0.3 is 5.97 Å². The lowest BCUT2D eigenvalue weighted by atomic mass is 10.0. The maximum absolute atomic E-state index is 11.8. The van der Waals surface area contributed by atoms with Crippen molar-refractivity contribution in [3.8, 4) is 0 Å². The molecule has 0 rings (SSSR count). The maximum Gasteiger partial charge on any atom is 0.305 e. The quantitative estimate of drug-likeness (QED) is 0.0991. The lowest BCUT2D eigenvalue weighted by Gasteiger charge is -2.06. The van der Waals surface area contributed by atoms with Gasteiger partial charge < -0.3 is 4.74 Å². The van der Waals surface area contributed by atoms with E-state index >= 15 is 0 Å². The van der Waals surface area contributed by atoms with Crippen molar-refractivity contribution >= 4 is 5.97 Å². The summed E-state index contributed by atoms with van der Waals surface area (Å²) in [5.74, 6) is 0.0230. The molecule has 2 nitrogen and oxygen atoms in total. The molecule has 0 aromatic rings. The van der Waals surface area contributed by atoms with Gasteiger partial charge in [-0.3, -0.25) is 4.79 Å². The molecule has 0 bridgehead atoms. The summed E-state index contributed by atoms with van der Waals surface area (Å²) in [6, 6.07) is 0. The summed E-state index contributed by atoms with van der Waals surface area (Å²) in [7, 11) is 0. The number of unbranched alkanes of at least 4 members (excludes halogenated alkanes) is 22. The summed E-state index contributed by atoms with van der Waals surface area (Å²) < 4.78 is 5.39. The third-order valence-corrected chi connectivity index (χ3v) is 6.50. The third kappa shape index (κ3) is 27.4. The van der Waals surface area contributed by atoms with E-state index in [1.807, 2.05) is 0 Å². The van der Waals surface area contributed by atoms with Crippen LogP contribution in [0.2, 0.25) is 0 Å². The highest BCUT2D eigenvalue weighted by atomic mass is 16.5. The molecule has 0 aromatic carbocycles. The molecule has 0 N–H and O–H groups in total. The average molecular weight is 439 g/mol. The molecule has 0 aliphatic carbocycles. The minimum Gasteiger partial charge on any atom is -0.466 e. The van der Waals surface area contributed by atoms with Gasteiger partial charge in [0.05, 0.1) is 6.61 Å². The average Bonchev–Trinajstić information content (AvgIpc) is 2.77. The Bertz CT molecular complexity index is 340. The molecule has 0 saturated carbocycles. The molecule has 31 heavy (non-hydrogen) atoms. The van der Waals surface area contributed by atoms with Crippen LogP contribution in [0.25, 0.3) is 0 Å². The first-order valence-corrected chi connectivity index (χ1v) is 14.5. The Labute approximate surface area is 196 Å². The molecule has 0 amide bonds.